The van der Waals surface area contributed by atoms with E-state index in [0.717, 1.165) is 17.5 Å². The molecule has 0 spiro atoms. The van der Waals surface area contributed by atoms with Crippen molar-refractivity contribution in [2.24, 2.45) is 0 Å². The fourth-order valence-corrected chi connectivity index (χ4v) is 1.24. The molecule has 66 valence electrons. The van der Waals surface area contributed by atoms with Crippen LogP contribution in [0, 0.1) is 6.92 Å². The summed E-state index contributed by atoms with van der Waals surface area (Å²) < 4.78 is 5.02. The lowest BCUT2D eigenvalue weighted by atomic mass is 10.1. The summed E-state index contributed by atoms with van der Waals surface area (Å²) in [6, 6.07) is 3.80. The molecule has 0 aromatic heterocycles. The van der Waals surface area contributed by atoms with Crippen LogP contribution in [0.4, 0.5) is 0 Å². The average molecular weight is 166 g/mol. The number of aryl methyl sites for hydroxylation is 2. The minimum absolute atomic E-state index is 0.269. The standard InChI is InChI=1S/C10H14O2/c1-4-8-5-7(2)6-9(12-3)10(8)11/h5-6,11H,4H2,1-3H3. The Hall–Kier alpha value is -1.18. The summed E-state index contributed by atoms with van der Waals surface area (Å²) in [7, 11) is 1.56. The Kier molecular flexibility index (Phi) is 2.58. The van der Waals surface area contributed by atoms with Crippen molar-refractivity contribution in [2.45, 2.75) is 20.3 Å². The maximum Gasteiger partial charge on any atom is 0.161 e. The van der Waals surface area contributed by atoms with E-state index >= 15 is 0 Å². The monoisotopic (exact) mass is 166 g/mol. The number of hydrogen-bond donors (Lipinski definition) is 1. The fourth-order valence-electron chi connectivity index (χ4n) is 1.24. The average Bonchev–Trinajstić information content (AvgIpc) is 2.08. The van der Waals surface area contributed by atoms with Crippen molar-refractivity contribution in [2.75, 3.05) is 7.11 Å². The molecule has 2 nitrogen and oxygen atoms in total. The molecular formula is C10H14O2. The molecule has 0 saturated carbocycles. The van der Waals surface area contributed by atoms with Crippen molar-refractivity contribution in [1.29, 1.82) is 0 Å². The molecule has 0 aliphatic carbocycles. The van der Waals surface area contributed by atoms with Crippen LogP contribution in [0.15, 0.2) is 12.1 Å². The Morgan fingerprint density at radius 1 is 1.42 bits per heavy atom. The van der Waals surface area contributed by atoms with Crippen LogP contribution in [0.1, 0.15) is 18.1 Å². The van der Waals surface area contributed by atoms with Gasteiger partial charge in [0.05, 0.1) is 7.11 Å². The second-order valence-corrected chi connectivity index (χ2v) is 2.83. The van der Waals surface area contributed by atoms with Crippen molar-refractivity contribution in [3.05, 3.63) is 23.3 Å². The minimum atomic E-state index is 0.269. The van der Waals surface area contributed by atoms with Crippen LogP contribution >= 0.6 is 0 Å². The number of rotatable bonds is 2. The SMILES string of the molecule is CCc1cc(C)cc(OC)c1O. The number of aromatic hydroxyl groups is 1. The highest BCUT2D eigenvalue weighted by atomic mass is 16.5. The lowest BCUT2D eigenvalue weighted by Gasteiger charge is -2.08. The van der Waals surface area contributed by atoms with Gasteiger partial charge < -0.3 is 9.84 Å². The number of phenolic OH excluding ortho intramolecular Hbond substituents is 1. The third-order valence-corrected chi connectivity index (χ3v) is 1.90. The van der Waals surface area contributed by atoms with Crippen molar-refractivity contribution < 1.29 is 9.84 Å². The lowest BCUT2D eigenvalue weighted by Crippen LogP contribution is -1.89. The third-order valence-electron chi connectivity index (χ3n) is 1.90. The van der Waals surface area contributed by atoms with Gasteiger partial charge in [0, 0.05) is 0 Å². The molecule has 0 bridgehead atoms. The predicted octanol–water partition coefficient (Wildman–Crippen LogP) is 2.27. The van der Waals surface area contributed by atoms with Gasteiger partial charge in [-0.05, 0) is 30.5 Å². The first-order chi connectivity index (χ1) is 5.69. The molecule has 0 heterocycles. The van der Waals surface area contributed by atoms with E-state index in [1.165, 1.54) is 0 Å². The highest BCUT2D eigenvalue weighted by Gasteiger charge is 2.06. The van der Waals surface area contributed by atoms with Crippen molar-refractivity contribution in [3.8, 4) is 11.5 Å². The van der Waals surface area contributed by atoms with Crippen molar-refractivity contribution in [3.63, 3.8) is 0 Å². The fraction of sp³-hybridized carbons (Fsp3) is 0.400. The highest BCUT2D eigenvalue weighted by Crippen LogP contribution is 2.31. The van der Waals surface area contributed by atoms with E-state index in [1.807, 2.05) is 26.0 Å². The van der Waals surface area contributed by atoms with Crippen LogP contribution in [0.2, 0.25) is 0 Å². The highest BCUT2D eigenvalue weighted by molar-refractivity contribution is 5.48. The summed E-state index contributed by atoms with van der Waals surface area (Å²) in [4.78, 5) is 0. The van der Waals surface area contributed by atoms with Crippen molar-refractivity contribution in [1.82, 2.24) is 0 Å². The second-order valence-electron chi connectivity index (χ2n) is 2.83. The third kappa shape index (κ3) is 1.52. The Bertz CT molecular complexity index is 254. The van der Waals surface area contributed by atoms with Crippen LogP contribution in [0.5, 0.6) is 11.5 Å². The maximum absolute atomic E-state index is 9.59. The Morgan fingerprint density at radius 3 is 2.58 bits per heavy atom. The number of phenols is 1. The van der Waals surface area contributed by atoms with Gasteiger partial charge in [-0.25, -0.2) is 0 Å². The van der Waals surface area contributed by atoms with Gasteiger partial charge in [-0.3, -0.25) is 0 Å². The molecule has 1 N–H and O–H groups in total. The molecule has 1 aromatic carbocycles. The zero-order chi connectivity index (χ0) is 9.14. The Balaban J connectivity index is 3.22. The van der Waals surface area contributed by atoms with Gasteiger partial charge in [-0.2, -0.15) is 0 Å². The Morgan fingerprint density at radius 2 is 2.08 bits per heavy atom. The van der Waals surface area contributed by atoms with Gasteiger partial charge in [0.25, 0.3) is 0 Å². The largest absolute Gasteiger partial charge is 0.504 e. The van der Waals surface area contributed by atoms with Gasteiger partial charge in [0.15, 0.2) is 11.5 Å². The molecule has 1 aromatic rings. The molecule has 2 heteroatoms. The first-order valence-corrected chi connectivity index (χ1v) is 4.05. The van der Waals surface area contributed by atoms with Crippen molar-refractivity contribution >= 4 is 0 Å². The second kappa shape index (κ2) is 3.48. The summed E-state index contributed by atoms with van der Waals surface area (Å²) in [5.41, 5.74) is 2.05. The number of methoxy groups -OCH3 is 1. The van der Waals surface area contributed by atoms with Gasteiger partial charge in [-0.15, -0.1) is 0 Å². The summed E-state index contributed by atoms with van der Waals surface area (Å²) in [5, 5.41) is 9.59. The molecule has 0 aliphatic heterocycles. The van der Waals surface area contributed by atoms with Crippen LogP contribution < -0.4 is 4.74 Å². The molecular weight excluding hydrogens is 152 g/mol. The molecule has 12 heavy (non-hydrogen) atoms. The van der Waals surface area contributed by atoms with E-state index in [2.05, 4.69) is 0 Å². The molecule has 0 radical (unpaired) electrons. The lowest BCUT2D eigenvalue weighted by molar-refractivity contribution is 0.370. The van der Waals surface area contributed by atoms with Gasteiger partial charge in [0.2, 0.25) is 0 Å². The molecule has 0 fully saturated rings. The van der Waals surface area contributed by atoms with E-state index in [-0.39, 0.29) is 5.75 Å². The summed E-state index contributed by atoms with van der Waals surface area (Å²) in [6.45, 7) is 4.00. The summed E-state index contributed by atoms with van der Waals surface area (Å²) >= 11 is 0. The van der Waals surface area contributed by atoms with Crippen LogP contribution in [0.25, 0.3) is 0 Å². The van der Waals surface area contributed by atoms with Crippen LogP contribution in [-0.4, -0.2) is 12.2 Å². The molecule has 0 atom stereocenters. The summed E-state index contributed by atoms with van der Waals surface area (Å²) in [6.07, 6.45) is 0.823. The topological polar surface area (TPSA) is 29.5 Å². The van der Waals surface area contributed by atoms with E-state index in [4.69, 9.17) is 4.74 Å². The number of ether oxygens (including phenoxy) is 1. The Labute approximate surface area is 72.8 Å². The smallest absolute Gasteiger partial charge is 0.161 e. The normalized spacial score (nSPS) is 9.92. The first-order valence-electron chi connectivity index (χ1n) is 4.05. The predicted molar refractivity (Wildman–Crippen MR) is 48.8 cm³/mol. The molecule has 0 amide bonds. The minimum Gasteiger partial charge on any atom is -0.504 e. The van der Waals surface area contributed by atoms with E-state index in [0.29, 0.717) is 5.75 Å². The van der Waals surface area contributed by atoms with Crippen LogP contribution in [0.3, 0.4) is 0 Å². The van der Waals surface area contributed by atoms with E-state index < -0.39 is 0 Å². The zero-order valence-corrected chi connectivity index (χ0v) is 7.72. The molecule has 0 saturated heterocycles. The maximum atomic E-state index is 9.59. The van der Waals surface area contributed by atoms with E-state index in [1.54, 1.807) is 7.11 Å². The van der Waals surface area contributed by atoms with Gasteiger partial charge in [-0.1, -0.05) is 13.0 Å². The number of hydrogen-bond acceptors (Lipinski definition) is 2. The van der Waals surface area contributed by atoms with Gasteiger partial charge in [0.1, 0.15) is 0 Å². The molecule has 0 unspecified atom stereocenters. The molecule has 0 aliphatic rings. The van der Waals surface area contributed by atoms with Gasteiger partial charge >= 0.3 is 0 Å². The van der Waals surface area contributed by atoms with E-state index in [9.17, 15) is 5.11 Å². The number of benzene rings is 1. The first kappa shape index (κ1) is 8.91. The van der Waals surface area contributed by atoms with Crippen LogP contribution in [-0.2, 0) is 6.42 Å². The molecule has 1 rings (SSSR count). The summed E-state index contributed by atoms with van der Waals surface area (Å²) in [5.74, 6) is 0.831. The zero-order valence-electron chi connectivity index (χ0n) is 7.72. The quantitative estimate of drug-likeness (QED) is 0.730.